The molecule has 1 heterocycles. The van der Waals surface area contributed by atoms with Crippen LogP contribution in [0, 0.1) is 6.92 Å². The van der Waals surface area contributed by atoms with Gasteiger partial charge in [0.25, 0.3) is 0 Å². The fourth-order valence-electron chi connectivity index (χ4n) is 2.56. The summed E-state index contributed by atoms with van der Waals surface area (Å²) in [5.74, 6) is -1.18. The Morgan fingerprint density at radius 2 is 2.05 bits per heavy atom. The number of hydrogen-bond acceptors (Lipinski definition) is 2. The predicted octanol–water partition coefficient (Wildman–Crippen LogP) is 2.47. The Bertz CT molecular complexity index is 565. The molecule has 0 bridgehead atoms. The van der Waals surface area contributed by atoms with E-state index in [1.807, 2.05) is 31.2 Å². The second-order valence-electron chi connectivity index (χ2n) is 5.36. The molecule has 1 aromatic rings. The molecule has 20 heavy (non-hydrogen) atoms. The number of nitrogens with zero attached hydrogens (tertiary/aromatic N) is 1. The Hall–Kier alpha value is -2.10. The zero-order valence-electron chi connectivity index (χ0n) is 11.8. The van der Waals surface area contributed by atoms with E-state index in [1.54, 1.807) is 13.0 Å². The highest BCUT2D eigenvalue weighted by Crippen LogP contribution is 2.29. The van der Waals surface area contributed by atoms with Gasteiger partial charge in [-0.05, 0) is 43.9 Å². The van der Waals surface area contributed by atoms with E-state index in [9.17, 15) is 14.7 Å². The minimum Gasteiger partial charge on any atom is -0.480 e. The van der Waals surface area contributed by atoms with E-state index in [2.05, 4.69) is 0 Å². The van der Waals surface area contributed by atoms with Gasteiger partial charge in [0, 0.05) is 12.6 Å². The van der Waals surface area contributed by atoms with E-state index >= 15 is 0 Å². The quantitative estimate of drug-likeness (QED) is 0.861. The summed E-state index contributed by atoms with van der Waals surface area (Å²) in [4.78, 5) is 25.0. The van der Waals surface area contributed by atoms with Gasteiger partial charge in [-0.3, -0.25) is 4.79 Å². The summed E-state index contributed by atoms with van der Waals surface area (Å²) in [5.41, 5.74) is 0.976. The maximum absolute atomic E-state index is 12.2. The number of likely N-dealkylation sites (tertiary alicyclic amines) is 1. The van der Waals surface area contributed by atoms with E-state index < -0.39 is 11.5 Å². The lowest BCUT2D eigenvalue weighted by molar-refractivity contribution is -0.153. The fourth-order valence-corrected chi connectivity index (χ4v) is 2.56. The first-order chi connectivity index (χ1) is 9.45. The molecular weight excluding hydrogens is 254 g/mol. The largest absolute Gasteiger partial charge is 0.480 e. The molecule has 0 aliphatic carbocycles. The van der Waals surface area contributed by atoms with Gasteiger partial charge in [0.2, 0.25) is 5.91 Å². The van der Waals surface area contributed by atoms with E-state index in [4.69, 9.17) is 0 Å². The number of benzene rings is 1. The summed E-state index contributed by atoms with van der Waals surface area (Å²) in [5, 5.41) is 9.30. The van der Waals surface area contributed by atoms with Crippen molar-refractivity contribution in [2.45, 2.75) is 32.2 Å². The third-order valence-corrected chi connectivity index (χ3v) is 3.96. The Morgan fingerprint density at radius 3 is 2.70 bits per heavy atom. The molecule has 1 amide bonds. The topological polar surface area (TPSA) is 57.6 Å². The minimum atomic E-state index is -1.08. The number of amides is 1. The highest BCUT2D eigenvalue weighted by atomic mass is 16.4. The van der Waals surface area contributed by atoms with Crippen molar-refractivity contribution < 1.29 is 14.7 Å². The zero-order valence-corrected chi connectivity index (χ0v) is 11.8. The van der Waals surface area contributed by atoms with Gasteiger partial charge in [-0.25, -0.2) is 4.79 Å². The van der Waals surface area contributed by atoms with Crippen molar-refractivity contribution in [2.75, 3.05) is 6.54 Å². The van der Waals surface area contributed by atoms with E-state index in [-0.39, 0.29) is 5.91 Å². The van der Waals surface area contributed by atoms with Crippen LogP contribution in [0.5, 0.6) is 0 Å². The molecule has 106 valence electrons. The molecule has 0 saturated carbocycles. The lowest BCUT2D eigenvalue weighted by Gasteiger charge is -2.30. The van der Waals surface area contributed by atoms with E-state index in [0.717, 1.165) is 17.5 Å². The number of carbonyl (C=O) groups is 2. The lowest BCUT2D eigenvalue weighted by Crippen LogP contribution is -2.50. The van der Waals surface area contributed by atoms with Crippen LogP contribution in [0.3, 0.4) is 0 Å². The molecule has 0 radical (unpaired) electrons. The predicted molar refractivity (Wildman–Crippen MR) is 77.2 cm³/mol. The number of carbonyl (C=O) groups excluding carboxylic acids is 1. The van der Waals surface area contributed by atoms with E-state index in [0.29, 0.717) is 13.0 Å². The van der Waals surface area contributed by atoms with Crippen LogP contribution in [0.4, 0.5) is 0 Å². The Labute approximate surface area is 118 Å². The summed E-state index contributed by atoms with van der Waals surface area (Å²) in [7, 11) is 0. The lowest BCUT2D eigenvalue weighted by atomic mass is 9.99. The van der Waals surface area contributed by atoms with Gasteiger partial charge < -0.3 is 10.0 Å². The van der Waals surface area contributed by atoms with Gasteiger partial charge in [0.15, 0.2) is 0 Å². The maximum Gasteiger partial charge on any atom is 0.329 e. The first-order valence-corrected chi connectivity index (χ1v) is 6.74. The summed E-state index contributed by atoms with van der Waals surface area (Å²) in [6.07, 6.45) is 4.45. The van der Waals surface area contributed by atoms with Gasteiger partial charge in [-0.15, -0.1) is 0 Å². The third-order valence-electron chi connectivity index (χ3n) is 3.96. The van der Waals surface area contributed by atoms with Crippen LogP contribution in [0.25, 0.3) is 6.08 Å². The number of rotatable bonds is 3. The summed E-state index contributed by atoms with van der Waals surface area (Å²) in [6.45, 7) is 4.09. The van der Waals surface area contributed by atoms with Gasteiger partial charge in [0.1, 0.15) is 5.54 Å². The summed E-state index contributed by atoms with van der Waals surface area (Å²) in [6, 6.07) is 7.76. The summed E-state index contributed by atoms with van der Waals surface area (Å²) < 4.78 is 0. The van der Waals surface area contributed by atoms with Crippen LogP contribution in [0.15, 0.2) is 30.3 Å². The molecule has 0 aromatic heterocycles. The normalized spacial score (nSPS) is 22.4. The van der Waals surface area contributed by atoms with Crippen molar-refractivity contribution in [2.24, 2.45) is 0 Å². The second-order valence-corrected chi connectivity index (χ2v) is 5.36. The first-order valence-electron chi connectivity index (χ1n) is 6.74. The number of hydrogen-bond donors (Lipinski definition) is 1. The molecule has 1 aliphatic heterocycles. The highest BCUT2D eigenvalue weighted by Gasteiger charge is 2.45. The maximum atomic E-state index is 12.2. The minimum absolute atomic E-state index is 0.240. The number of carboxylic acids is 1. The van der Waals surface area contributed by atoms with Crippen molar-refractivity contribution in [3.8, 4) is 0 Å². The molecule has 1 fully saturated rings. The number of carboxylic acid groups (broad SMARTS) is 1. The average molecular weight is 273 g/mol. The van der Waals surface area contributed by atoms with Crippen molar-refractivity contribution in [3.63, 3.8) is 0 Å². The van der Waals surface area contributed by atoms with Crippen molar-refractivity contribution in [3.05, 3.63) is 41.5 Å². The fraction of sp³-hybridized carbons (Fsp3) is 0.375. The van der Waals surface area contributed by atoms with Crippen molar-refractivity contribution >= 4 is 18.0 Å². The molecule has 1 atom stereocenters. The number of aliphatic carboxylic acids is 1. The molecule has 4 heteroatoms. The zero-order chi connectivity index (χ0) is 14.8. The molecule has 1 aliphatic rings. The van der Waals surface area contributed by atoms with Crippen LogP contribution in [0.2, 0.25) is 0 Å². The van der Waals surface area contributed by atoms with Crippen LogP contribution in [-0.4, -0.2) is 34.0 Å². The van der Waals surface area contributed by atoms with Crippen molar-refractivity contribution in [1.29, 1.82) is 0 Å². The molecule has 1 saturated heterocycles. The smallest absolute Gasteiger partial charge is 0.329 e. The van der Waals surface area contributed by atoms with Crippen LogP contribution in [0.1, 0.15) is 30.9 Å². The standard InChI is InChI=1S/C16H19NO3/c1-12-6-3-4-7-13(12)8-9-14(18)17-11-5-10-16(17,2)15(19)20/h3-4,6-9H,5,10-11H2,1-2H3,(H,19,20). The highest BCUT2D eigenvalue weighted by molar-refractivity contribution is 5.96. The Balaban J connectivity index is 2.17. The monoisotopic (exact) mass is 273 g/mol. The molecule has 0 spiro atoms. The molecule has 4 nitrogen and oxygen atoms in total. The van der Waals surface area contributed by atoms with Gasteiger partial charge in [-0.2, -0.15) is 0 Å². The molecule has 1 aromatic carbocycles. The molecule has 1 N–H and O–H groups in total. The Morgan fingerprint density at radius 1 is 1.35 bits per heavy atom. The van der Waals surface area contributed by atoms with Crippen LogP contribution < -0.4 is 0 Å². The first kappa shape index (κ1) is 14.3. The number of aryl methyl sites for hydroxylation is 1. The van der Waals surface area contributed by atoms with E-state index in [1.165, 1.54) is 11.0 Å². The SMILES string of the molecule is Cc1ccccc1C=CC(=O)N1CCCC1(C)C(=O)O. The van der Waals surface area contributed by atoms with Gasteiger partial charge in [0.05, 0.1) is 0 Å². The van der Waals surface area contributed by atoms with Gasteiger partial charge in [-0.1, -0.05) is 24.3 Å². The third kappa shape index (κ3) is 2.59. The average Bonchev–Trinajstić information content (AvgIpc) is 2.81. The second kappa shape index (κ2) is 5.49. The van der Waals surface area contributed by atoms with Gasteiger partial charge >= 0.3 is 5.97 Å². The Kier molecular flexibility index (Phi) is 3.93. The van der Waals surface area contributed by atoms with Crippen LogP contribution in [-0.2, 0) is 9.59 Å². The van der Waals surface area contributed by atoms with Crippen molar-refractivity contribution in [1.82, 2.24) is 4.90 Å². The molecular formula is C16H19NO3. The molecule has 1 unspecified atom stereocenters. The molecule has 2 rings (SSSR count). The summed E-state index contributed by atoms with van der Waals surface area (Å²) >= 11 is 0. The van der Waals surface area contributed by atoms with Crippen LogP contribution >= 0.6 is 0 Å².